The van der Waals surface area contributed by atoms with Crippen LogP contribution in [-0.4, -0.2) is 21.8 Å². The van der Waals surface area contributed by atoms with E-state index in [1.807, 2.05) is 5.32 Å². The van der Waals surface area contributed by atoms with Crippen molar-refractivity contribution >= 4 is 35.7 Å². The minimum atomic E-state index is -0.829. The highest BCUT2D eigenvalue weighted by Gasteiger charge is 1.86. The van der Waals surface area contributed by atoms with E-state index in [0.717, 1.165) is 0 Å². The van der Waals surface area contributed by atoms with E-state index in [2.05, 4.69) is 31.0 Å². The van der Waals surface area contributed by atoms with Gasteiger partial charge in [-0.2, -0.15) is 0 Å². The van der Waals surface area contributed by atoms with Gasteiger partial charge in [-0.25, -0.2) is 0 Å². The quantitative estimate of drug-likeness (QED) is 0.347. The van der Waals surface area contributed by atoms with Crippen LogP contribution in [0.25, 0.3) is 0 Å². The Kier molecular flexibility index (Phi) is 14.9. The normalized spacial score (nSPS) is 9.50. The second kappa shape index (κ2) is 10.3. The number of rotatable bonds is 1. The Morgan fingerprint density at radius 3 is 1.75 bits per heavy atom. The molecule has 0 aromatic heterocycles. The first-order valence-electron chi connectivity index (χ1n) is 2.48. The van der Waals surface area contributed by atoms with E-state index in [-0.39, 0.29) is 6.15 Å². The van der Waals surface area contributed by atoms with E-state index in [1.54, 1.807) is 0 Å². The second-order valence-electron chi connectivity index (χ2n) is 1.43. The molecule has 0 saturated heterocycles. The maximum atomic E-state index is 9.80. The summed E-state index contributed by atoms with van der Waals surface area (Å²) in [5.74, 6) is 0. The lowest BCUT2D eigenvalue weighted by atomic mass is 10.7. The molecule has 0 aromatic rings. The van der Waals surface area contributed by atoms with Gasteiger partial charge < -0.3 is 57.2 Å². The van der Waals surface area contributed by atoms with Gasteiger partial charge in [0, 0.05) is 0 Å². The number of quaternary nitrogens is 1. The van der Waals surface area contributed by atoms with E-state index in [0.29, 0.717) is 0 Å². The average Bonchev–Trinajstić information content (AvgIpc) is 1.56. The molecule has 0 rings (SSSR count). The maximum absolute atomic E-state index is 9.80. The van der Waals surface area contributed by atoms with Gasteiger partial charge >= 0.3 is 0 Å². The van der Waals surface area contributed by atoms with E-state index < -0.39 is 16.7 Å². The van der Waals surface area contributed by atoms with E-state index in [1.165, 1.54) is 6.92 Å². The Morgan fingerprint density at radius 2 is 1.75 bits per heavy atom. The fourth-order valence-electron chi connectivity index (χ4n) is 0.171. The predicted octanol–water partition coefficient (Wildman–Crippen LogP) is -0.431. The van der Waals surface area contributed by atoms with Gasteiger partial charge in [0.15, 0.2) is 0 Å². The van der Waals surface area contributed by atoms with Crippen LogP contribution in [0.15, 0.2) is 0 Å². The molecule has 0 bridgehead atoms. The molecule has 0 saturated carbocycles. The first kappa shape index (κ1) is 17.4. The van der Waals surface area contributed by atoms with Gasteiger partial charge in [0.2, 0.25) is 0 Å². The summed E-state index contributed by atoms with van der Waals surface area (Å²) >= 11 is 7.80. The lowest BCUT2D eigenvalue weighted by Gasteiger charge is -2.08. The number of hydrogen-bond donors (Lipinski definition) is 4. The molecular formula is C4H12N3O3S2-. The Labute approximate surface area is 81.3 Å². The van der Waals surface area contributed by atoms with Crippen LogP contribution in [0.5, 0.6) is 0 Å². The van der Waals surface area contributed by atoms with Crippen LogP contribution in [0.3, 0.4) is 0 Å². The molecule has 2 amide bonds. The first-order valence-corrected chi connectivity index (χ1v) is 3.30. The van der Waals surface area contributed by atoms with Gasteiger partial charge in [-0.15, -0.1) is 0 Å². The fraction of sp³-hybridized carbons (Fsp3) is 0.500. The van der Waals surface area contributed by atoms with Crippen molar-refractivity contribution in [1.29, 1.82) is 0 Å². The minimum Gasteiger partial charge on any atom is -0.719 e. The van der Waals surface area contributed by atoms with E-state index in [4.69, 9.17) is 9.90 Å². The molecule has 8 heteroatoms. The van der Waals surface area contributed by atoms with Crippen LogP contribution in [0.2, 0.25) is 0 Å². The molecule has 74 valence electrons. The van der Waals surface area contributed by atoms with Crippen molar-refractivity contribution in [3.8, 4) is 0 Å². The number of carbonyl (C=O) groups is 2. The van der Waals surface area contributed by atoms with Gasteiger partial charge in [-0.3, -0.25) is 0 Å². The molecular weight excluding hydrogens is 202 g/mol. The molecule has 0 aliphatic heterocycles. The summed E-state index contributed by atoms with van der Waals surface area (Å²) < 4.78 is 0. The third kappa shape index (κ3) is 58.8. The van der Waals surface area contributed by atoms with Crippen LogP contribution in [0, 0.1) is 0 Å². The summed E-state index contributed by atoms with van der Waals surface area (Å²) in [4.78, 5) is 18.8. The maximum Gasteiger partial charge on any atom is 0.122 e. The molecule has 1 unspecified atom stereocenters. The Morgan fingerprint density at radius 1 is 1.50 bits per heavy atom. The van der Waals surface area contributed by atoms with Gasteiger partial charge in [0.25, 0.3) is 0 Å². The van der Waals surface area contributed by atoms with Crippen LogP contribution in [-0.2, 0) is 25.3 Å². The monoisotopic (exact) mass is 214 g/mol. The van der Waals surface area contributed by atoms with Crippen molar-refractivity contribution in [2.75, 3.05) is 0 Å². The molecule has 0 spiro atoms. The summed E-state index contributed by atoms with van der Waals surface area (Å²) in [5.41, 5.74) is 4.29. The largest absolute Gasteiger partial charge is 0.719 e. The number of aliphatic hydroxyl groups excluding tert-OH is 1. The summed E-state index contributed by atoms with van der Waals surface area (Å²) in [5, 5.41) is 8.98. The number of nitrogens with one attached hydrogen (secondary N) is 1. The molecule has 0 aliphatic rings. The van der Waals surface area contributed by atoms with Crippen LogP contribution < -0.4 is 17.2 Å². The minimum absolute atomic E-state index is 0. The van der Waals surface area contributed by atoms with Gasteiger partial charge in [0.1, 0.15) is 11.5 Å². The van der Waals surface area contributed by atoms with Crippen molar-refractivity contribution < 1.29 is 14.7 Å². The highest BCUT2D eigenvalue weighted by atomic mass is 32.1. The zero-order valence-corrected chi connectivity index (χ0v) is 8.37. The molecule has 6 nitrogen and oxygen atoms in total. The molecule has 0 aliphatic carbocycles. The zero-order chi connectivity index (χ0) is 9.44. The molecule has 0 aromatic carbocycles. The second-order valence-corrected chi connectivity index (χ2v) is 2.20. The molecule has 0 fully saturated rings. The number of primary amides is 1. The summed E-state index contributed by atoms with van der Waals surface area (Å²) in [6.07, 6.45) is -0.829. The lowest BCUT2D eigenvalue weighted by Crippen LogP contribution is -2.28. The lowest BCUT2D eigenvalue weighted by molar-refractivity contribution is 0.166. The third-order valence-corrected chi connectivity index (χ3v) is 0.445. The highest BCUT2D eigenvalue weighted by Crippen LogP contribution is 1.69. The smallest absolute Gasteiger partial charge is 0.122 e. The van der Waals surface area contributed by atoms with Gasteiger partial charge in [-0.1, -0.05) is 0 Å². The van der Waals surface area contributed by atoms with Crippen LogP contribution in [0.1, 0.15) is 6.92 Å². The Balaban J connectivity index is -0.000000142. The molecule has 0 radical (unpaired) electrons. The number of carbonyl (C=O) groups excluding carboxylic acids is 2. The number of amides is 2. The van der Waals surface area contributed by atoms with Gasteiger partial charge in [0.05, 0.1) is 5.24 Å². The van der Waals surface area contributed by atoms with Crippen molar-refractivity contribution in [3.05, 3.63) is 0 Å². The summed E-state index contributed by atoms with van der Waals surface area (Å²) in [7, 11) is 0. The Hall–Kier alpha value is -0.700. The first-order chi connectivity index (χ1) is 4.86. The molecule has 12 heavy (non-hydrogen) atoms. The van der Waals surface area contributed by atoms with Gasteiger partial charge in [-0.05, 0) is 6.92 Å². The van der Waals surface area contributed by atoms with Crippen molar-refractivity contribution in [3.63, 3.8) is 0 Å². The number of nitrogens with two attached hydrogens (primary N) is 1. The van der Waals surface area contributed by atoms with Crippen molar-refractivity contribution in [2.45, 2.75) is 13.2 Å². The topological polar surface area (TPSA) is 129 Å². The highest BCUT2D eigenvalue weighted by molar-refractivity contribution is 7.77. The number of aliphatic hydroxyl groups is 1. The van der Waals surface area contributed by atoms with Crippen molar-refractivity contribution in [2.24, 2.45) is 5.73 Å². The van der Waals surface area contributed by atoms with E-state index in [9.17, 15) is 4.79 Å². The summed E-state index contributed by atoms with van der Waals surface area (Å²) in [6, 6.07) is 0. The molecule has 8 N–H and O–H groups in total. The van der Waals surface area contributed by atoms with Crippen LogP contribution >= 0.6 is 0 Å². The standard InChI is InChI=1S/C3H7NO2S.CH3NOS.H3N/c1-2(5)4-3(6)7;2-1(3)4;/h2,5H,1H3,(H2,4,6,7);(H3,2,3,4);1H3/p-1. The zero-order valence-electron chi connectivity index (χ0n) is 6.73. The Bertz CT molecular complexity index is 138. The SMILES string of the molecule is CC(O)NC(=O)[S-].NC(=O)[S-].[NH4+]. The van der Waals surface area contributed by atoms with E-state index >= 15 is 0 Å². The third-order valence-electron chi connectivity index (χ3n) is 0.327. The molecule has 0 heterocycles. The average molecular weight is 214 g/mol. The predicted molar refractivity (Wildman–Crippen MR) is 50.5 cm³/mol. The fourth-order valence-corrected chi connectivity index (χ4v) is 0.341. The summed E-state index contributed by atoms with van der Waals surface area (Å²) in [6.45, 7) is 1.42. The van der Waals surface area contributed by atoms with Crippen LogP contribution in [0.4, 0.5) is 9.59 Å². The molecule has 1 atom stereocenters. The number of hydrogen-bond acceptors (Lipinski definition) is 5. The van der Waals surface area contributed by atoms with Crippen molar-refractivity contribution in [1.82, 2.24) is 11.5 Å².